The lowest BCUT2D eigenvalue weighted by atomic mass is 9.92. The van der Waals surface area contributed by atoms with E-state index in [4.69, 9.17) is 5.26 Å². The number of nitrogens with zero attached hydrogens (tertiary/aromatic N) is 1. The number of nitriles is 1. The van der Waals surface area contributed by atoms with Gasteiger partial charge in [0.2, 0.25) is 0 Å². The number of hydrogen-bond donors (Lipinski definition) is 1. The summed E-state index contributed by atoms with van der Waals surface area (Å²) >= 11 is 0. The van der Waals surface area contributed by atoms with Gasteiger partial charge >= 0.3 is 5.97 Å². The lowest BCUT2D eigenvalue weighted by molar-refractivity contribution is -0.145. The maximum atomic E-state index is 11.6. The molecule has 1 aromatic rings. The lowest BCUT2D eigenvalue weighted by Gasteiger charge is -2.18. The molecule has 0 bridgehead atoms. The summed E-state index contributed by atoms with van der Waals surface area (Å²) in [5.41, 5.74) is -1.04. The van der Waals surface area contributed by atoms with Gasteiger partial charge in [-0.3, -0.25) is 4.79 Å². The van der Waals surface area contributed by atoms with Crippen molar-refractivity contribution in [3.63, 3.8) is 0 Å². The summed E-state index contributed by atoms with van der Waals surface area (Å²) in [6.07, 6.45) is 0. The monoisotopic (exact) mass is 216 g/mol. The van der Waals surface area contributed by atoms with Crippen LogP contribution in [0.15, 0.2) is 24.3 Å². The molecule has 1 N–H and O–H groups in total. The second-order valence-corrected chi connectivity index (χ2v) is 3.35. The van der Waals surface area contributed by atoms with Crippen molar-refractivity contribution in [1.29, 1.82) is 5.26 Å². The Morgan fingerprint density at radius 2 is 2.19 bits per heavy atom. The molecule has 1 heterocycles. The number of benzene rings is 1. The van der Waals surface area contributed by atoms with Gasteiger partial charge in [0.1, 0.15) is 6.07 Å². The van der Waals surface area contributed by atoms with E-state index in [2.05, 4.69) is 10.1 Å². The summed E-state index contributed by atoms with van der Waals surface area (Å²) in [7, 11) is 1.18. The van der Waals surface area contributed by atoms with Gasteiger partial charge in [-0.2, -0.15) is 5.26 Å². The van der Waals surface area contributed by atoms with Crippen LogP contribution in [0.4, 0.5) is 0 Å². The zero-order chi connectivity index (χ0) is 11.8. The summed E-state index contributed by atoms with van der Waals surface area (Å²) in [5, 5.41) is 11.5. The van der Waals surface area contributed by atoms with Crippen LogP contribution in [-0.2, 0) is 15.1 Å². The van der Waals surface area contributed by atoms with Crippen molar-refractivity contribution in [2.75, 3.05) is 7.11 Å². The molecule has 0 aromatic heterocycles. The first-order valence-corrected chi connectivity index (χ1v) is 4.57. The van der Waals surface area contributed by atoms with Gasteiger partial charge in [-0.25, -0.2) is 4.79 Å². The summed E-state index contributed by atoms with van der Waals surface area (Å²) in [5.74, 6) is -1.23. The molecule has 0 radical (unpaired) electrons. The van der Waals surface area contributed by atoms with Crippen LogP contribution in [-0.4, -0.2) is 19.0 Å². The van der Waals surface area contributed by atoms with Crippen molar-refractivity contribution in [1.82, 2.24) is 5.32 Å². The van der Waals surface area contributed by atoms with E-state index in [-0.39, 0.29) is 0 Å². The van der Waals surface area contributed by atoms with Crippen LogP contribution in [0.3, 0.4) is 0 Å². The van der Waals surface area contributed by atoms with Gasteiger partial charge < -0.3 is 10.1 Å². The molecular weight excluding hydrogens is 208 g/mol. The van der Waals surface area contributed by atoms with E-state index in [1.165, 1.54) is 7.11 Å². The van der Waals surface area contributed by atoms with Gasteiger partial charge in [-0.05, 0) is 6.07 Å². The number of esters is 1. The van der Waals surface area contributed by atoms with E-state index < -0.39 is 17.4 Å². The predicted molar refractivity (Wildman–Crippen MR) is 53.2 cm³/mol. The molecule has 2 rings (SSSR count). The van der Waals surface area contributed by atoms with Crippen LogP contribution < -0.4 is 5.32 Å². The van der Waals surface area contributed by atoms with E-state index in [0.717, 1.165) is 0 Å². The van der Waals surface area contributed by atoms with Crippen molar-refractivity contribution >= 4 is 11.9 Å². The van der Waals surface area contributed by atoms with Crippen LogP contribution in [0.5, 0.6) is 0 Å². The highest BCUT2D eigenvalue weighted by Crippen LogP contribution is 2.31. The molecule has 5 nitrogen and oxygen atoms in total. The van der Waals surface area contributed by atoms with E-state index in [9.17, 15) is 9.59 Å². The fourth-order valence-electron chi connectivity index (χ4n) is 1.76. The molecule has 0 aliphatic carbocycles. The minimum Gasteiger partial charge on any atom is -0.466 e. The molecule has 0 spiro atoms. The number of carbonyl (C=O) groups is 2. The van der Waals surface area contributed by atoms with Crippen molar-refractivity contribution in [2.24, 2.45) is 0 Å². The van der Waals surface area contributed by atoms with Crippen LogP contribution in [0.2, 0.25) is 0 Å². The highest BCUT2D eigenvalue weighted by molar-refractivity contribution is 6.07. The van der Waals surface area contributed by atoms with Crippen LogP contribution in [0, 0.1) is 11.3 Å². The Labute approximate surface area is 91.6 Å². The molecule has 0 saturated heterocycles. The van der Waals surface area contributed by atoms with Gasteiger partial charge in [-0.1, -0.05) is 18.2 Å². The first-order chi connectivity index (χ1) is 7.65. The van der Waals surface area contributed by atoms with E-state index in [1.807, 2.05) is 6.07 Å². The largest absolute Gasteiger partial charge is 0.466 e. The molecule has 1 aromatic carbocycles. The van der Waals surface area contributed by atoms with E-state index >= 15 is 0 Å². The number of ether oxygens (including phenoxy) is 1. The minimum absolute atomic E-state index is 0.328. The average molecular weight is 216 g/mol. The Morgan fingerprint density at radius 3 is 2.81 bits per heavy atom. The Balaban J connectivity index is 2.66. The third-order valence-corrected chi connectivity index (χ3v) is 2.54. The minimum atomic E-state index is -1.71. The summed E-state index contributed by atoms with van der Waals surface area (Å²) < 4.78 is 4.56. The molecule has 5 heteroatoms. The summed E-state index contributed by atoms with van der Waals surface area (Å²) in [4.78, 5) is 23.2. The number of hydrogen-bond acceptors (Lipinski definition) is 4. The zero-order valence-corrected chi connectivity index (χ0v) is 8.48. The molecular formula is C11H8N2O3. The van der Waals surface area contributed by atoms with Crippen LogP contribution >= 0.6 is 0 Å². The highest BCUT2D eigenvalue weighted by Gasteiger charge is 2.50. The topological polar surface area (TPSA) is 79.2 Å². The number of amides is 1. The van der Waals surface area contributed by atoms with Gasteiger partial charge in [0.15, 0.2) is 0 Å². The third kappa shape index (κ3) is 1.10. The number of methoxy groups -OCH3 is 1. The van der Waals surface area contributed by atoms with Crippen molar-refractivity contribution in [3.8, 4) is 6.07 Å². The molecule has 16 heavy (non-hydrogen) atoms. The molecule has 1 amide bonds. The van der Waals surface area contributed by atoms with Crippen molar-refractivity contribution in [2.45, 2.75) is 5.54 Å². The van der Waals surface area contributed by atoms with Crippen molar-refractivity contribution < 1.29 is 14.3 Å². The molecule has 1 aliphatic rings. The second kappa shape index (κ2) is 3.35. The fraction of sp³-hybridized carbons (Fsp3) is 0.182. The maximum Gasteiger partial charge on any atom is 0.351 e. The molecule has 1 aliphatic heterocycles. The molecule has 1 atom stereocenters. The third-order valence-electron chi connectivity index (χ3n) is 2.54. The Bertz CT molecular complexity index is 518. The maximum absolute atomic E-state index is 11.6. The molecule has 0 saturated carbocycles. The van der Waals surface area contributed by atoms with Gasteiger partial charge in [0.25, 0.3) is 11.4 Å². The Morgan fingerprint density at radius 1 is 1.50 bits per heavy atom. The molecule has 80 valence electrons. The first-order valence-electron chi connectivity index (χ1n) is 4.57. The number of nitrogens with one attached hydrogen (secondary N) is 1. The number of rotatable bonds is 1. The summed E-state index contributed by atoms with van der Waals surface area (Å²) in [6, 6.07) is 8.26. The Hall–Kier alpha value is -2.35. The number of fused-ring (bicyclic) bond motifs is 1. The fourth-order valence-corrected chi connectivity index (χ4v) is 1.76. The van der Waals surface area contributed by atoms with Gasteiger partial charge in [-0.15, -0.1) is 0 Å². The Kier molecular flexibility index (Phi) is 2.13. The van der Waals surface area contributed by atoms with Crippen LogP contribution in [0.25, 0.3) is 0 Å². The number of carbonyl (C=O) groups excluding carboxylic acids is 2. The zero-order valence-electron chi connectivity index (χ0n) is 8.48. The van der Waals surface area contributed by atoms with Crippen molar-refractivity contribution in [3.05, 3.63) is 35.4 Å². The van der Waals surface area contributed by atoms with Crippen LogP contribution in [0.1, 0.15) is 15.9 Å². The standard InChI is InChI=1S/C11H8N2O3/c1-16-10(15)11(6-12)8-5-3-2-4-7(8)9(14)13-11/h2-5H,1H3,(H,13,14)/t11-/m1/s1. The van der Waals surface area contributed by atoms with Gasteiger partial charge in [0.05, 0.1) is 7.11 Å². The summed E-state index contributed by atoms with van der Waals surface area (Å²) in [6.45, 7) is 0. The predicted octanol–water partition coefficient (Wildman–Crippen LogP) is 0.322. The quantitative estimate of drug-likeness (QED) is 0.686. The smallest absolute Gasteiger partial charge is 0.351 e. The first kappa shape index (κ1) is 10.2. The normalized spacial score (nSPS) is 21.9. The molecule has 0 unspecified atom stereocenters. The lowest BCUT2D eigenvalue weighted by Crippen LogP contribution is -2.46. The molecule has 0 fully saturated rings. The SMILES string of the molecule is COC(=O)[C@]1(C#N)NC(=O)c2ccccc21. The highest BCUT2D eigenvalue weighted by atomic mass is 16.5. The average Bonchev–Trinajstić information content (AvgIpc) is 2.63. The van der Waals surface area contributed by atoms with E-state index in [0.29, 0.717) is 11.1 Å². The van der Waals surface area contributed by atoms with Gasteiger partial charge in [0, 0.05) is 11.1 Å². The second-order valence-electron chi connectivity index (χ2n) is 3.35. The van der Waals surface area contributed by atoms with E-state index in [1.54, 1.807) is 24.3 Å².